The van der Waals surface area contributed by atoms with Gasteiger partial charge in [-0.3, -0.25) is 4.79 Å². The number of methoxy groups -OCH3 is 1. The van der Waals surface area contributed by atoms with Crippen LogP contribution in [0.4, 0.5) is 0 Å². The van der Waals surface area contributed by atoms with E-state index in [9.17, 15) is 9.90 Å². The first kappa shape index (κ1) is 19.5. The van der Waals surface area contributed by atoms with Crippen molar-refractivity contribution >= 4 is 17.5 Å². The van der Waals surface area contributed by atoms with Crippen LogP contribution in [-0.4, -0.2) is 43.9 Å². The molecule has 2 aromatic carbocycles. The molecule has 3 N–H and O–H groups in total. The minimum Gasteiger partial charge on any atom is -0.493 e. The minimum absolute atomic E-state index is 0.0258. The van der Waals surface area contributed by atoms with E-state index >= 15 is 0 Å². The first-order valence-electron chi connectivity index (χ1n) is 8.79. The smallest absolute Gasteiger partial charge is 0.251 e. The quantitative estimate of drug-likeness (QED) is 0.675. The zero-order chi connectivity index (χ0) is 19.2. The third-order valence-corrected chi connectivity index (χ3v) is 4.81. The molecule has 2 atom stereocenters. The van der Waals surface area contributed by atoms with Crippen LogP contribution in [0.1, 0.15) is 15.9 Å². The van der Waals surface area contributed by atoms with E-state index in [-0.39, 0.29) is 11.8 Å². The molecule has 1 aliphatic heterocycles. The maximum absolute atomic E-state index is 12.4. The van der Waals surface area contributed by atoms with Gasteiger partial charge in [0.2, 0.25) is 0 Å². The highest BCUT2D eigenvalue weighted by atomic mass is 35.5. The standard InChI is InChI=1S/C20H23ClN2O4/c1-26-19-8-14(20(25)23-10-15-9-22-11-17(15)24)4-7-18(19)27-12-13-2-5-16(21)6-3-13/h2-8,15,17,22,24H,9-12H2,1H3,(H,23,25). The van der Waals surface area contributed by atoms with Gasteiger partial charge in [-0.25, -0.2) is 0 Å². The third-order valence-electron chi connectivity index (χ3n) is 4.56. The SMILES string of the molecule is COc1cc(C(=O)NCC2CNCC2O)ccc1OCc1ccc(Cl)cc1. The maximum Gasteiger partial charge on any atom is 0.251 e. The van der Waals surface area contributed by atoms with Gasteiger partial charge < -0.3 is 25.2 Å². The van der Waals surface area contributed by atoms with Gasteiger partial charge in [0.1, 0.15) is 6.61 Å². The van der Waals surface area contributed by atoms with Crippen LogP contribution < -0.4 is 20.1 Å². The molecule has 0 bridgehead atoms. The van der Waals surface area contributed by atoms with Crippen LogP contribution in [0.2, 0.25) is 5.02 Å². The Morgan fingerprint density at radius 3 is 2.67 bits per heavy atom. The number of rotatable bonds is 7. The lowest BCUT2D eigenvalue weighted by Gasteiger charge is -2.15. The zero-order valence-corrected chi connectivity index (χ0v) is 15.8. The number of ether oxygens (including phenoxy) is 2. The van der Waals surface area contributed by atoms with Crippen molar-refractivity contribution in [1.82, 2.24) is 10.6 Å². The van der Waals surface area contributed by atoms with Crippen LogP contribution in [-0.2, 0) is 6.61 Å². The van der Waals surface area contributed by atoms with E-state index in [1.807, 2.05) is 24.3 Å². The molecule has 1 fully saturated rings. The van der Waals surface area contributed by atoms with Crippen LogP contribution >= 0.6 is 11.6 Å². The van der Waals surface area contributed by atoms with Gasteiger partial charge in [0.15, 0.2) is 11.5 Å². The molecule has 144 valence electrons. The van der Waals surface area contributed by atoms with Crippen LogP contribution in [0, 0.1) is 5.92 Å². The largest absolute Gasteiger partial charge is 0.493 e. The molecule has 1 saturated heterocycles. The molecule has 1 aliphatic rings. The molecule has 27 heavy (non-hydrogen) atoms. The third kappa shape index (κ3) is 5.13. The molecule has 1 amide bonds. The fraction of sp³-hybridized carbons (Fsp3) is 0.350. The number of aliphatic hydroxyl groups is 1. The number of carbonyl (C=O) groups excluding carboxylic acids is 1. The van der Waals surface area contributed by atoms with E-state index in [1.54, 1.807) is 18.2 Å². The van der Waals surface area contributed by atoms with Gasteiger partial charge in [0.25, 0.3) is 5.91 Å². The Balaban J connectivity index is 1.60. The first-order chi connectivity index (χ1) is 13.1. The Bertz CT molecular complexity index is 782. The Labute approximate surface area is 163 Å². The number of aliphatic hydroxyl groups excluding tert-OH is 1. The summed E-state index contributed by atoms with van der Waals surface area (Å²) in [4.78, 5) is 12.4. The Kier molecular flexibility index (Phi) is 6.55. The Morgan fingerprint density at radius 2 is 2.00 bits per heavy atom. The number of nitrogens with one attached hydrogen (secondary N) is 2. The van der Waals surface area contributed by atoms with Crippen molar-refractivity contribution in [3.8, 4) is 11.5 Å². The van der Waals surface area contributed by atoms with E-state index in [1.165, 1.54) is 7.11 Å². The van der Waals surface area contributed by atoms with E-state index in [0.717, 1.165) is 5.56 Å². The summed E-state index contributed by atoms with van der Waals surface area (Å²) >= 11 is 5.88. The maximum atomic E-state index is 12.4. The molecular weight excluding hydrogens is 368 g/mol. The summed E-state index contributed by atoms with van der Waals surface area (Å²) in [5.41, 5.74) is 1.46. The second-order valence-electron chi connectivity index (χ2n) is 6.48. The van der Waals surface area contributed by atoms with Crippen LogP contribution in [0.3, 0.4) is 0 Å². The number of benzene rings is 2. The fourth-order valence-electron chi connectivity index (χ4n) is 2.92. The van der Waals surface area contributed by atoms with Crippen molar-refractivity contribution in [2.75, 3.05) is 26.7 Å². The van der Waals surface area contributed by atoms with Gasteiger partial charge >= 0.3 is 0 Å². The highest BCUT2D eigenvalue weighted by Gasteiger charge is 2.25. The van der Waals surface area contributed by atoms with E-state index in [2.05, 4.69) is 10.6 Å². The number of β-amino-alcohol motifs (C(OH)–C–C–N with tert-alkyl or cyclic N) is 1. The molecule has 0 spiro atoms. The lowest BCUT2D eigenvalue weighted by molar-refractivity contribution is 0.0926. The van der Waals surface area contributed by atoms with Crippen LogP contribution in [0.5, 0.6) is 11.5 Å². The lowest BCUT2D eigenvalue weighted by atomic mass is 10.1. The van der Waals surface area contributed by atoms with E-state index in [0.29, 0.717) is 48.3 Å². The monoisotopic (exact) mass is 390 g/mol. The predicted molar refractivity (Wildman–Crippen MR) is 103 cm³/mol. The first-order valence-corrected chi connectivity index (χ1v) is 9.17. The number of hydrogen-bond acceptors (Lipinski definition) is 5. The topological polar surface area (TPSA) is 79.8 Å². The van der Waals surface area contributed by atoms with Gasteiger partial charge in [-0.1, -0.05) is 23.7 Å². The molecule has 1 heterocycles. The molecule has 0 radical (unpaired) electrons. The van der Waals surface area contributed by atoms with E-state index < -0.39 is 6.10 Å². The summed E-state index contributed by atoms with van der Waals surface area (Å²) < 4.78 is 11.2. The number of amides is 1. The van der Waals surface area contributed by atoms with Crippen molar-refractivity contribution in [1.29, 1.82) is 0 Å². The second kappa shape index (κ2) is 9.08. The second-order valence-corrected chi connectivity index (χ2v) is 6.91. The Hall–Kier alpha value is -2.28. The van der Waals surface area contributed by atoms with Gasteiger partial charge in [-0.15, -0.1) is 0 Å². The number of halogens is 1. The summed E-state index contributed by atoms with van der Waals surface area (Å²) in [5.74, 6) is 0.855. The molecule has 6 nitrogen and oxygen atoms in total. The number of carbonyl (C=O) groups is 1. The van der Waals surface area contributed by atoms with Crippen molar-refractivity contribution in [3.05, 3.63) is 58.6 Å². The molecule has 2 aromatic rings. The van der Waals surface area contributed by atoms with Gasteiger partial charge in [0, 0.05) is 36.1 Å². The number of hydrogen-bond donors (Lipinski definition) is 3. The normalized spacial score (nSPS) is 18.9. The molecule has 0 saturated carbocycles. The Morgan fingerprint density at radius 1 is 1.22 bits per heavy atom. The molecule has 7 heteroatoms. The minimum atomic E-state index is -0.427. The molecule has 3 rings (SSSR count). The summed E-state index contributed by atoms with van der Waals surface area (Å²) in [7, 11) is 1.53. The molecule has 0 aliphatic carbocycles. The van der Waals surface area contributed by atoms with Gasteiger partial charge in [-0.2, -0.15) is 0 Å². The predicted octanol–water partition coefficient (Wildman–Crippen LogP) is 2.24. The zero-order valence-electron chi connectivity index (χ0n) is 15.1. The molecule has 0 aromatic heterocycles. The molecular formula is C20H23ClN2O4. The van der Waals surface area contributed by atoms with Crippen LogP contribution in [0.25, 0.3) is 0 Å². The van der Waals surface area contributed by atoms with E-state index in [4.69, 9.17) is 21.1 Å². The molecule has 2 unspecified atom stereocenters. The fourth-order valence-corrected chi connectivity index (χ4v) is 3.05. The average molecular weight is 391 g/mol. The lowest BCUT2D eigenvalue weighted by Crippen LogP contribution is -2.34. The van der Waals surface area contributed by atoms with Gasteiger partial charge in [-0.05, 0) is 35.9 Å². The highest BCUT2D eigenvalue weighted by Crippen LogP contribution is 2.29. The summed E-state index contributed by atoms with van der Waals surface area (Å²) in [6.45, 7) is 2.05. The summed E-state index contributed by atoms with van der Waals surface area (Å²) in [5, 5.41) is 16.4. The van der Waals surface area contributed by atoms with Crippen LogP contribution in [0.15, 0.2) is 42.5 Å². The summed E-state index contributed by atoms with van der Waals surface area (Å²) in [6, 6.07) is 12.5. The average Bonchev–Trinajstić information content (AvgIpc) is 3.10. The van der Waals surface area contributed by atoms with Crippen molar-refractivity contribution in [3.63, 3.8) is 0 Å². The van der Waals surface area contributed by atoms with Crippen molar-refractivity contribution < 1.29 is 19.4 Å². The van der Waals surface area contributed by atoms with Crippen molar-refractivity contribution in [2.24, 2.45) is 5.92 Å². The highest BCUT2D eigenvalue weighted by molar-refractivity contribution is 6.30. The van der Waals surface area contributed by atoms with Gasteiger partial charge in [0.05, 0.1) is 13.2 Å². The summed E-state index contributed by atoms with van der Waals surface area (Å²) in [6.07, 6.45) is -0.427. The van der Waals surface area contributed by atoms with Crippen molar-refractivity contribution in [2.45, 2.75) is 12.7 Å².